The van der Waals surface area contributed by atoms with E-state index in [4.69, 9.17) is 4.74 Å². The van der Waals surface area contributed by atoms with Crippen LogP contribution >= 0.6 is 0 Å². The molecule has 1 aromatic rings. The Morgan fingerprint density at radius 3 is 2.71 bits per heavy atom. The quantitative estimate of drug-likeness (QED) is 0.616. The number of rotatable bonds is 5. The number of carbonyl (C=O) groups is 2. The minimum absolute atomic E-state index is 0.123. The standard InChI is InChI=1S/C15H19N3O3/c19-14(10-12-3-8-21-9-4-12)17-6-7-18-15(20)13-2-1-5-16-11-13/h1-2,5,10-11H,3-4,6-9H2,(H,17,19)(H,18,20). The molecule has 0 unspecified atom stereocenters. The van der Waals surface area contributed by atoms with Crippen molar-refractivity contribution in [2.45, 2.75) is 12.8 Å². The zero-order chi connectivity index (χ0) is 14.9. The molecule has 112 valence electrons. The fourth-order valence-electron chi connectivity index (χ4n) is 1.98. The van der Waals surface area contributed by atoms with Gasteiger partial charge < -0.3 is 15.4 Å². The molecule has 2 rings (SSSR count). The van der Waals surface area contributed by atoms with E-state index in [0.29, 0.717) is 31.9 Å². The molecule has 1 aliphatic heterocycles. The van der Waals surface area contributed by atoms with Crippen molar-refractivity contribution in [2.24, 2.45) is 0 Å². The average Bonchev–Trinajstić information content (AvgIpc) is 2.53. The number of pyridine rings is 1. The third kappa shape index (κ3) is 5.35. The molecule has 1 fully saturated rings. The molecule has 2 N–H and O–H groups in total. The third-order valence-electron chi connectivity index (χ3n) is 3.10. The Morgan fingerprint density at radius 1 is 1.24 bits per heavy atom. The molecule has 0 saturated carbocycles. The minimum Gasteiger partial charge on any atom is -0.381 e. The summed E-state index contributed by atoms with van der Waals surface area (Å²) >= 11 is 0. The monoisotopic (exact) mass is 289 g/mol. The molecule has 2 amide bonds. The van der Waals surface area contributed by atoms with Crippen LogP contribution in [0.5, 0.6) is 0 Å². The van der Waals surface area contributed by atoms with Crippen LogP contribution in [0.2, 0.25) is 0 Å². The topological polar surface area (TPSA) is 80.3 Å². The number of amides is 2. The van der Waals surface area contributed by atoms with Gasteiger partial charge in [0.25, 0.3) is 5.91 Å². The first-order chi connectivity index (χ1) is 10.3. The van der Waals surface area contributed by atoms with Crippen LogP contribution in [-0.2, 0) is 9.53 Å². The first-order valence-corrected chi connectivity index (χ1v) is 6.99. The fraction of sp³-hybridized carbons (Fsp3) is 0.400. The number of nitrogens with zero attached hydrogens (tertiary/aromatic N) is 1. The highest BCUT2D eigenvalue weighted by atomic mass is 16.5. The molecule has 0 atom stereocenters. The normalized spacial score (nSPS) is 14.4. The van der Waals surface area contributed by atoms with Gasteiger partial charge in [0.15, 0.2) is 0 Å². The molecular weight excluding hydrogens is 270 g/mol. The van der Waals surface area contributed by atoms with Crippen LogP contribution < -0.4 is 10.6 Å². The molecule has 2 heterocycles. The Kier molecular flexibility index (Phi) is 5.90. The maximum atomic E-state index is 11.7. The second-order valence-corrected chi connectivity index (χ2v) is 4.70. The van der Waals surface area contributed by atoms with Crippen LogP contribution in [-0.4, -0.2) is 43.1 Å². The van der Waals surface area contributed by atoms with Gasteiger partial charge >= 0.3 is 0 Å². The Bertz CT molecular complexity index is 506. The lowest BCUT2D eigenvalue weighted by Gasteiger charge is -2.14. The molecule has 0 bridgehead atoms. The summed E-state index contributed by atoms with van der Waals surface area (Å²) in [5.74, 6) is -0.317. The van der Waals surface area contributed by atoms with Crippen LogP contribution in [0.4, 0.5) is 0 Å². The number of aromatic nitrogens is 1. The van der Waals surface area contributed by atoms with Gasteiger partial charge in [0.05, 0.1) is 18.8 Å². The maximum Gasteiger partial charge on any atom is 0.252 e. The lowest BCUT2D eigenvalue weighted by atomic mass is 10.1. The fourth-order valence-corrected chi connectivity index (χ4v) is 1.98. The molecular formula is C15H19N3O3. The minimum atomic E-state index is -0.194. The highest BCUT2D eigenvalue weighted by Crippen LogP contribution is 2.12. The van der Waals surface area contributed by atoms with E-state index >= 15 is 0 Å². The SMILES string of the molecule is O=C(C=C1CCOCC1)NCCNC(=O)c1cccnc1. The van der Waals surface area contributed by atoms with Crippen molar-refractivity contribution in [1.82, 2.24) is 15.6 Å². The van der Waals surface area contributed by atoms with E-state index in [9.17, 15) is 9.59 Å². The van der Waals surface area contributed by atoms with E-state index in [0.717, 1.165) is 18.4 Å². The summed E-state index contributed by atoms with van der Waals surface area (Å²) < 4.78 is 5.22. The molecule has 0 aliphatic carbocycles. The molecule has 1 aromatic heterocycles. The van der Waals surface area contributed by atoms with Crippen molar-refractivity contribution in [3.63, 3.8) is 0 Å². The van der Waals surface area contributed by atoms with Gasteiger partial charge in [0, 0.05) is 31.6 Å². The largest absolute Gasteiger partial charge is 0.381 e. The number of hydrogen-bond donors (Lipinski definition) is 2. The third-order valence-corrected chi connectivity index (χ3v) is 3.10. The average molecular weight is 289 g/mol. The van der Waals surface area contributed by atoms with Crippen LogP contribution in [0.15, 0.2) is 36.2 Å². The van der Waals surface area contributed by atoms with Gasteiger partial charge in [-0.2, -0.15) is 0 Å². The molecule has 0 aromatic carbocycles. The number of nitrogens with one attached hydrogen (secondary N) is 2. The van der Waals surface area contributed by atoms with Crippen LogP contribution in [0.3, 0.4) is 0 Å². The zero-order valence-corrected chi connectivity index (χ0v) is 11.8. The lowest BCUT2D eigenvalue weighted by molar-refractivity contribution is -0.116. The number of hydrogen-bond acceptors (Lipinski definition) is 4. The summed E-state index contributed by atoms with van der Waals surface area (Å²) in [5.41, 5.74) is 1.62. The van der Waals surface area contributed by atoms with Crippen molar-refractivity contribution in [3.8, 4) is 0 Å². The van der Waals surface area contributed by atoms with Crippen molar-refractivity contribution in [3.05, 3.63) is 41.7 Å². The van der Waals surface area contributed by atoms with Gasteiger partial charge in [-0.1, -0.05) is 5.57 Å². The molecule has 1 saturated heterocycles. The Balaban J connectivity index is 1.65. The van der Waals surface area contributed by atoms with Crippen LogP contribution in [0, 0.1) is 0 Å². The van der Waals surface area contributed by atoms with Gasteiger partial charge in [-0.3, -0.25) is 14.6 Å². The zero-order valence-electron chi connectivity index (χ0n) is 11.8. The number of ether oxygens (including phenoxy) is 1. The van der Waals surface area contributed by atoms with E-state index in [1.165, 1.54) is 6.20 Å². The van der Waals surface area contributed by atoms with Crippen LogP contribution in [0.25, 0.3) is 0 Å². The van der Waals surface area contributed by atoms with Gasteiger partial charge in [0.2, 0.25) is 5.91 Å². The van der Waals surface area contributed by atoms with E-state index in [-0.39, 0.29) is 11.8 Å². The van der Waals surface area contributed by atoms with Gasteiger partial charge in [-0.25, -0.2) is 0 Å². The van der Waals surface area contributed by atoms with Crippen molar-refractivity contribution in [1.29, 1.82) is 0 Å². The summed E-state index contributed by atoms with van der Waals surface area (Å²) in [6, 6.07) is 3.40. The Hall–Kier alpha value is -2.21. The van der Waals surface area contributed by atoms with Gasteiger partial charge in [-0.05, 0) is 25.0 Å². The van der Waals surface area contributed by atoms with E-state index < -0.39 is 0 Å². The predicted octanol–water partition coefficient (Wildman–Crippen LogP) is 0.664. The smallest absolute Gasteiger partial charge is 0.252 e. The molecule has 1 aliphatic rings. The van der Waals surface area contributed by atoms with Gasteiger partial charge in [0.1, 0.15) is 0 Å². The highest BCUT2D eigenvalue weighted by molar-refractivity contribution is 5.93. The van der Waals surface area contributed by atoms with E-state index in [1.807, 2.05) is 0 Å². The second-order valence-electron chi connectivity index (χ2n) is 4.70. The van der Waals surface area contributed by atoms with Crippen molar-refractivity contribution in [2.75, 3.05) is 26.3 Å². The Labute approximate surface area is 123 Å². The highest BCUT2D eigenvalue weighted by Gasteiger charge is 2.08. The number of carbonyl (C=O) groups excluding carboxylic acids is 2. The molecule has 0 radical (unpaired) electrons. The van der Waals surface area contributed by atoms with Gasteiger partial charge in [-0.15, -0.1) is 0 Å². The van der Waals surface area contributed by atoms with E-state index in [1.54, 1.807) is 24.4 Å². The summed E-state index contributed by atoms with van der Waals surface area (Å²) in [7, 11) is 0. The van der Waals surface area contributed by atoms with E-state index in [2.05, 4.69) is 15.6 Å². The summed E-state index contributed by atoms with van der Waals surface area (Å²) in [6.45, 7) is 2.14. The molecule has 0 spiro atoms. The first kappa shape index (κ1) is 15.2. The lowest BCUT2D eigenvalue weighted by Crippen LogP contribution is -2.34. The predicted molar refractivity (Wildman–Crippen MR) is 77.7 cm³/mol. The Morgan fingerprint density at radius 2 is 2.00 bits per heavy atom. The van der Waals surface area contributed by atoms with Crippen molar-refractivity contribution < 1.29 is 14.3 Å². The summed E-state index contributed by atoms with van der Waals surface area (Å²) in [5, 5.41) is 5.47. The summed E-state index contributed by atoms with van der Waals surface area (Å²) in [6.07, 6.45) is 6.37. The summed E-state index contributed by atoms with van der Waals surface area (Å²) in [4.78, 5) is 27.3. The molecule has 6 nitrogen and oxygen atoms in total. The second kappa shape index (κ2) is 8.16. The maximum absolute atomic E-state index is 11.7. The molecule has 6 heteroatoms. The molecule has 21 heavy (non-hydrogen) atoms. The van der Waals surface area contributed by atoms with Crippen molar-refractivity contribution >= 4 is 11.8 Å². The van der Waals surface area contributed by atoms with Crippen LogP contribution in [0.1, 0.15) is 23.2 Å². The first-order valence-electron chi connectivity index (χ1n) is 6.99.